The van der Waals surface area contributed by atoms with Gasteiger partial charge >= 0.3 is 0 Å². The van der Waals surface area contributed by atoms with Crippen molar-refractivity contribution in [2.75, 3.05) is 26.8 Å². The molecule has 1 aliphatic heterocycles. The van der Waals surface area contributed by atoms with Crippen LogP contribution in [0.4, 0.5) is 0 Å². The number of aliphatic hydroxyl groups excluding tert-OH is 1. The first-order valence-electron chi connectivity index (χ1n) is 8.86. The van der Waals surface area contributed by atoms with Crippen LogP contribution in [0.25, 0.3) is 0 Å². The third kappa shape index (κ3) is 3.85. The summed E-state index contributed by atoms with van der Waals surface area (Å²) in [5, 5.41) is 12.7. The van der Waals surface area contributed by atoms with Crippen LogP contribution in [0, 0.1) is 5.41 Å². The first-order chi connectivity index (χ1) is 12.0. The number of likely N-dealkylation sites (N-methyl/N-ethyl adjacent to an activating group) is 1. The van der Waals surface area contributed by atoms with Crippen molar-refractivity contribution in [2.24, 2.45) is 5.41 Å². The molecule has 1 aliphatic carbocycles. The number of carbonyl (C=O) groups is 2. The van der Waals surface area contributed by atoms with Crippen LogP contribution in [0.3, 0.4) is 0 Å². The topological polar surface area (TPSA) is 78.9 Å². The maximum Gasteiger partial charge on any atom is 0.254 e. The molecule has 0 unspecified atom stereocenters. The number of aliphatic hydroxyl groups is 1. The van der Waals surface area contributed by atoms with Crippen LogP contribution >= 0.6 is 0 Å². The minimum absolute atomic E-state index is 0.0923. The summed E-state index contributed by atoms with van der Waals surface area (Å²) in [5.41, 5.74) is 0.643. The smallest absolute Gasteiger partial charge is 0.254 e. The lowest BCUT2D eigenvalue weighted by Gasteiger charge is -2.37. The number of ether oxygens (including phenoxy) is 1. The molecule has 1 aromatic carbocycles. The first kappa shape index (κ1) is 17.9. The number of nitrogens with one attached hydrogen (secondary N) is 1. The Morgan fingerprint density at radius 2 is 2.00 bits per heavy atom. The highest BCUT2D eigenvalue weighted by Gasteiger charge is 2.41. The second kappa shape index (κ2) is 7.54. The van der Waals surface area contributed by atoms with Gasteiger partial charge in [-0.3, -0.25) is 9.59 Å². The lowest BCUT2D eigenvalue weighted by molar-refractivity contribution is -0.155. The van der Waals surface area contributed by atoms with Crippen molar-refractivity contribution in [1.29, 1.82) is 0 Å². The fourth-order valence-electron chi connectivity index (χ4n) is 3.97. The Labute approximate surface area is 148 Å². The Bertz CT molecular complexity index is 613. The van der Waals surface area contributed by atoms with Crippen LogP contribution in [0.15, 0.2) is 30.3 Å². The SMILES string of the molecule is CN(CC1(CO)CCCC1)C(=O)[C@H]1OCC(=O)N[C@@H]1c1ccccc1. The van der Waals surface area contributed by atoms with Gasteiger partial charge in [0, 0.05) is 19.0 Å². The van der Waals surface area contributed by atoms with Gasteiger partial charge in [0.05, 0.1) is 12.6 Å². The number of amides is 2. The molecule has 2 fully saturated rings. The molecule has 1 saturated carbocycles. The minimum atomic E-state index is -0.748. The van der Waals surface area contributed by atoms with E-state index >= 15 is 0 Å². The van der Waals surface area contributed by atoms with Crippen LogP contribution in [0.5, 0.6) is 0 Å². The molecule has 136 valence electrons. The van der Waals surface area contributed by atoms with Gasteiger partial charge in [-0.1, -0.05) is 43.2 Å². The number of hydrogen-bond donors (Lipinski definition) is 2. The normalized spacial score (nSPS) is 25.4. The van der Waals surface area contributed by atoms with Gasteiger partial charge in [0.2, 0.25) is 5.91 Å². The lowest BCUT2D eigenvalue weighted by Crippen LogP contribution is -2.54. The van der Waals surface area contributed by atoms with Crippen molar-refractivity contribution in [1.82, 2.24) is 10.2 Å². The summed E-state index contributed by atoms with van der Waals surface area (Å²) in [4.78, 5) is 26.4. The Hall–Kier alpha value is -1.92. The van der Waals surface area contributed by atoms with Crippen LogP contribution in [0.2, 0.25) is 0 Å². The molecule has 2 aliphatic rings. The van der Waals surface area contributed by atoms with E-state index in [0.717, 1.165) is 31.2 Å². The molecule has 2 atom stereocenters. The van der Waals surface area contributed by atoms with E-state index in [0.29, 0.717) is 6.54 Å². The first-order valence-corrected chi connectivity index (χ1v) is 8.86. The minimum Gasteiger partial charge on any atom is -0.396 e. The molecule has 0 spiro atoms. The standard InChI is InChI=1S/C19H26N2O4/c1-21(12-19(13-22)9-5-6-10-19)18(24)17-16(20-15(23)11-25-17)14-7-3-2-4-8-14/h2-4,7-8,16-17,22H,5-6,9-13H2,1H3,(H,20,23)/t16-,17+/m1/s1. The number of hydrogen-bond acceptors (Lipinski definition) is 4. The predicted octanol–water partition coefficient (Wildman–Crippen LogP) is 1.25. The van der Waals surface area contributed by atoms with E-state index < -0.39 is 12.1 Å². The van der Waals surface area contributed by atoms with Gasteiger partial charge in [0.15, 0.2) is 6.10 Å². The molecule has 0 aromatic heterocycles. The molecule has 3 rings (SSSR count). The maximum atomic E-state index is 13.0. The van der Waals surface area contributed by atoms with Crippen molar-refractivity contribution in [3.8, 4) is 0 Å². The van der Waals surface area contributed by atoms with Gasteiger partial charge in [-0.15, -0.1) is 0 Å². The summed E-state index contributed by atoms with van der Waals surface area (Å²) < 4.78 is 5.61. The molecule has 6 heteroatoms. The number of rotatable bonds is 5. The summed E-state index contributed by atoms with van der Waals surface area (Å²) in [6, 6.07) is 8.91. The summed E-state index contributed by atoms with van der Waals surface area (Å²) >= 11 is 0. The number of carbonyl (C=O) groups excluding carboxylic acids is 2. The molecule has 1 aromatic rings. The van der Waals surface area contributed by atoms with E-state index in [9.17, 15) is 14.7 Å². The largest absolute Gasteiger partial charge is 0.396 e. The van der Waals surface area contributed by atoms with Gasteiger partial charge in [0.1, 0.15) is 6.61 Å². The molecular formula is C19H26N2O4. The second-order valence-electron chi connectivity index (χ2n) is 7.25. The summed E-state index contributed by atoms with van der Waals surface area (Å²) in [6.45, 7) is 0.491. The quantitative estimate of drug-likeness (QED) is 0.841. The maximum absolute atomic E-state index is 13.0. The molecule has 0 bridgehead atoms. The molecule has 2 amide bonds. The number of morpholine rings is 1. The van der Waals surface area contributed by atoms with Crippen LogP contribution in [-0.2, 0) is 14.3 Å². The average Bonchev–Trinajstić information content (AvgIpc) is 3.11. The van der Waals surface area contributed by atoms with E-state index in [-0.39, 0.29) is 30.4 Å². The van der Waals surface area contributed by atoms with Gasteiger partial charge in [-0.25, -0.2) is 0 Å². The molecule has 25 heavy (non-hydrogen) atoms. The van der Waals surface area contributed by atoms with E-state index in [1.807, 2.05) is 30.3 Å². The zero-order valence-corrected chi connectivity index (χ0v) is 14.6. The van der Waals surface area contributed by atoms with Crippen molar-refractivity contribution in [3.05, 3.63) is 35.9 Å². The number of nitrogens with zero attached hydrogens (tertiary/aromatic N) is 1. The molecule has 0 radical (unpaired) electrons. The van der Waals surface area contributed by atoms with E-state index in [4.69, 9.17) is 4.74 Å². The highest BCUT2D eigenvalue weighted by atomic mass is 16.5. The third-order valence-electron chi connectivity index (χ3n) is 5.36. The molecule has 1 heterocycles. The molecule has 6 nitrogen and oxygen atoms in total. The molecular weight excluding hydrogens is 320 g/mol. The van der Waals surface area contributed by atoms with Gasteiger partial charge in [-0.2, -0.15) is 0 Å². The fourth-order valence-corrected chi connectivity index (χ4v) is 3.97. The van der Waals surface area contributed by atoms with Gasteiger partial charge < -0.3 is 20.1 Å². The Morgan fingerprint density at radius 3 is 2.64 bits per heavy atom. The van der Waals surface area contributed by atoms with Crippen LogP contribution in [0.1, 0.15) is 37.3 Å². The van der Waals surface area contributed by atoms with Crippen molar-refractivity contribution in [2.45, 2.75) is 37.8 Å². The zero-order chi connectivity index (χ0) is 17.9. The van der Waals surface area contributed by atoms with E-state index in [1.165, 1.54) is 0 Å². The highest BCUT2D eigenvalue weighted by Crippen LogP contribution is 2.38. The summed E-state index contributed by atoms with van der Waals surface area (Å²) in [6.07, 6.45) is 3.30. The Balaban J connectivity index is 1.75. The van der Waals surface area contributed by atoms with Gasteiger partial charge in [0.25, 0.3) is 5.91 Å². The van der Waals surface area contributed by atoms with E-state index in [2.05, 4.69) is 5.32 Å². The van der Waals surface area contributed by atoms with Crippen molar-refractivity contribution < 1.29 is 19.4 Å². The Kier molecular flexibility index (Phi) is 5.39. The van der Waals surface area contributed by atoms with Gasteiger partial charge in [-0.05, 0) is 18.4 Å². The highest BCUT2D eigenvalue weighted by molar-refractivity contribution is 5.86. The number of benzene rings is 1. The lowest BCUT2D eigenvalue weighted by atomic mass is 9.86. The van der Waals surface area contributed by atoms with Crippen LogP contribution in [-0.4, -0.2) is 54.7 Å². The predicted molar refractivity (Wildman–Crippen MR) is 92.7 cm³/mol. The Morgan fingerprint density at radius 1 is 1.32 bits per heavy atom. The monoisotopic (exact) mass is 346 g/mol. The van der Waals surface area contributed by atoms with Crippen LogP contribution < -0.4 is 5.32 Å². The second-order valence-corrected chi connectivity index (χ2v) is 7.25. The van der Waals surface area contributed by atoms with Crippen molar-refractivity contribution in [3.63, 3.8) is 0 Å². The molecule has 2 N–H and O–H groups in total. The van der Waals surface area contributed by atoms with E-state index in [1.54, 1.807) is 11.9 Å². The fraction of sp³-hybridized carbons (Fsp3) is 0.579. The average molecular weight is 346 g/mol. The molecule has 1 saturated heterocycles. The van der Waals surface area contributed by atoms with Crippen molar-refractivity contribution >= 4 is 11.8 Å². The zero-order valence-electron chi connectivity index (χ0n) is 14.6. The summed E-state index contributed by atoms with van der Waals surface area (Å²) in [7, 11) is 1.75. The summed E-state index contributed by atoms with van der Waals surface area (Å²) in [5.74, 6) is -0.378. The third-order valence-corrected chi connectivity index (χ3v) is 5.36.